The van der Waals surface area contributed by atoms with Crippen LogP contribution in [-0.4, -0.2) is 37.7 Å². The maximum Gasteiger partial charge on any atom is 0.205 e. The normalized spacial score (nSPS) is 19.5. The van der Waals surface area contributed by atoms with E-state index in [0.717, 1.165) is 52.6 Å². The summed E-state index contributed by atoms with van der Waals surface area (Å²) in [5.41, 5.74) is 10.9. The lowest BCUT2D eigenvalue weighted by molar-refractivity contribution is 0.239. The molecule has 2 aromatic carbocycles. The van der Waals surface area contributed by atoms with Crippen molar-refractivity contribution in [2.75, 3.05) is 32.8 Å². The summed E-state index contributed by atoms with van der Waals surface area (Å²) in [6.07, 6.45) is 2.13. The van der Waals surface area contributed by atoms with E-state index in [9.17, 15) is 5.26 Å². The molecule has 2 aromatic rings. The first-order chi connectivity index (χ1) is 16.6. The van der Waals surface area contributed by atoms with Crippen molar-refractivity contribution in [3.05, 3.63) is 88.0 Å². The zero-order valence-corrected chi connectivity index (χ0v) is 20.0. The summed E-state index contributed by atoms with van der Waals surface area (Å²) in [7, 11) is 0. The van der Waals surface area contributed by atoms with Gasteiger partial charge in [-0.15, -0.1) is 0 Å². The molecule has 34 heavy (non-hydrogen) atoms. The molecular weight excluding hydrogens is 426 g/mol. The van der Waals surface area contributed by atoms with E-state index in [0.29, 0.717) is 25.3 Å². The van der Waals surface area contributed by atoms with Gasteiger partial charge < -0.3 is 19.9 Å². The summed E-state index contributed by atoms with van der Waals surface area (Å²) in [4.78, 5) is 2.35. The van der Waals surface area contributed by atoms with E-state index in [1.54, 1.807) is 0 Å². The molecule has 0 saturated carbocycles. The number of allylic oxidation sites excluding steroid dienone is 1. The Hall–Kier alpha value is -3.69. The molecule has 1 unspecified atom stereocenters. The van der Waals surface area contributed by atoms with E-state index in [1.807, 2.05) is 62.4 Å². The van der Waals surface area contributed by atoms with Gasteiger partial charge in [-0.3, -0.25) is 4.90 Å². The molecule has 2 N–H and O–H groups in total. The molecule has 6 heteroatoms. The number of hydrogen-bond acceptors (Lipinski definition) is 6. The first-order valence-corrected chi connectivity index (χ1v) is 11.8. The number of nitrogens with zero attached hydrogens (tertiary/aromatic N) is 2. The smallest absolute Gasteiger partial charge is 0.205 e. The molecule has 0 fully saturated rings. The van der Waals surface area contributed by atoms with E-state index in [-0.39, 0.29) is 11.8 Å². The highest BCUT2D eigenvalue weighted by Crippen LogP contribution is 2.44. The van der Waals surface area contributed by atoms with Crippen molar-refractivity contribution in [3.63, 3.8) is 0 Å². The van der Waals surface area contributed by atoms with Gasteiger partial charge in [-0.2, -0.15) is 5.26 Å². The lowest BCUT2D eigenvalue weighted by atomic mass is 9.80. The Kier molecular flexibility index (Phi) is 7.24. The Balaban J connectivity index is 1.78. The van der Waals surface area contributed by atoms with Crippen molar-refractivity contribution >= 4 is 6.08 Å². The lowest BCUT2D eigenvalue weighted by Crippen LogP contribution is -2.38. The van der Waals surface area contributed by atoms with E-state index < -0.39 is 0 Å². The van der Waals surface area contributed by atoms with Crippen LogP contribution in [-0.2, 0) is 4.74 Å². The molecule has 176 valence electrons. The first kappa shape index (κ1) is 23.5. The minimum Gasteiger partial charge on any atom is -0.494 e. The molecule has 0 aromatic heterocycles. The molecule has 6 nitrogen and oxygen atoms in total. The maximum atomic E-state index is 9.96. The predicted molar refractivity (Wildman–Crippen MR) is 133 cm³/mol. The molecule has 0 radical (unpaired) electrons. The van der Waals surface area contributed by atoms with Crippen molar-refractivity contribution in [3.8, 4) is 17.6 Å². The molecule has 0 bridgehead atoms. The molecule has 0 saturated heterocycles. The number of benzene rings is 2. The summed E-state index contributed by atoms with van der Waals surface area (Å²) in [5.74, 6) is 2.33. The van der Waals surface area contributed by atoms with E-state index in [1.165, 1.54) is 0 Å². The van der Waals surface area contributed by atoms with Crippen molar-refractivity contribution in [2.24, 2.45) is 5.73 Å². The Labute approximate surface area is 201 Å². The van der Waals surface area contributed by atoms with Crippen LogP contribution in [0.1, 0.15) is 37.8 Å². The third kappa shape index (κ3) is 4.80. The van der Waals surface area contributed by atoms with Crippen molar-refractivity contribution in [1.29, 1.82) is 5.26 Å². The van der Waals surface area contributed by atoms with Gasteiger partial charge in [-0.05, 0) is 67.4 Å². The van der Waals surface area contributed by atoms with Crippen molar-refractivity contribution in [1.82, 2.24) is 4.90 Å². The number of nitrogens with two attached hydrogens (primary N) is 1. The zero-order chi connectivity index (χ0) is 24.1. The van der Waals surface area contributed by atoms with Crippen LogP contribution in [0, 0.1) is 11.3 Å². The molecule has 0 amide bonds. The van der Waals surface area contributed by atoms with Gasteiger partial charge in [-0.25, -0.2) is 0 Å². The molecular formula is C28H31N3O3. The van der Waals surface area contributed by atoms with E-state index >= 15 is 0 Å². The topological polar surface area (TPSA) is 80.7 Å². The number of likely N-dealkylation sites (N-methyl/N-ethyl adjacent to an activating group) is 1. The van der Waals surface area contributed by atoms with Gasteiger partial charge in [0.1, 0.15) is 28.9 Å². The second kappa shape index (κ2) is 10.5. The van der Waals surface area contributed by atoms with Gasteiger partial charge in [0, 0.05) is 18.7 Å². The zero-order valence-electron chi connectivity index (χ0n) is 20.0. The second-order valence-electron chi connectivity index (χ2n) is 8.26. The first-order valence-electron chi connectivity index (χ1n) is 11.8. The van der Waals surface area contributed by atoms with E-state index in [4.69, 9.17) is 19.9 Å². The minimum atomic E-state index is -0.262. The highest BCUT2D eigenvalue weighted by Gasteiger charge is 2.37. The molecule has 1 atom stereocenters. The van der Waals surface area contributed by atoms with E-state index in [2.05, 4.69) is 24.0 Å². The summed E-state index contributed by atoms with van der Waals surface area (Å²) in [5, 5.41) is 9.96. The van der Waals surface area contributed by atoms with Crippen molar-refractivity contribution < 1.29 is 14.2 Å². The average molecular weight is 458 g/mol. The molecule has 0 aliphatic carbocycles. The van der Waals surface area contributed by atoms with Crippen LogP contribution in [0.2, 0.25) is 0 Å². The van der Waals surface area contributed by atoms with Crippen molar-refractivity contribution in [2.45, 2.75) is 26.7 Å². The largest absolute Gasteiger partial charge is 0.494 e. The van der Waals surface area contributed by atoms with Crippen LogP contribution < -0.4 is 15.2 Å². The Morgan fingerprint density at radius 1 is 1.00 bits per heavy atom. The molecule has 2 aliphatic rings. The number of rotatable bonds is 7. The van der Waals surface area contributed by atoms with Crippen LogP contribution in [0.25, 0.3) is 6.08 Å². The van der Waals surface area contributed by atoms with Gasteiger partial charge in [0.25, 0.3) is 0 Å². The van der Waals surface area contributed by atoms with Crippen LogP contribution in [0.4, 0.5) is 0 Å². The number of nitriles is 1. The standard InChI is InChI=1S/C28H31N3O3/c1-4-31-17-21(15-19-7-11-22(12-8-19)32-5-2)27-25(18-31)26(24(16-29)28(30)34-27)20-9-13-23(14-10-20)33-6-3/h7-15,26H,4-6,17-18,30H2,1-3H3. The quantitative estimate of drug-likeness (QED) is 0.633. The van der Waals surface area contributed by atoms with Gasteiger partial charge >= 0.3 is 0 Å². The second-order valence-corrected chi connectivity index (χ2v) is 8.26. The number of hydrogen-bond donors (Lipinski definition) is 1. The fraction of sp³-hybridized carbons (Fsp3) is 0.321. The van der Waals surface area contributed by atoms with Gasteiger partial charge in [0.05, 0.1) is 19.1 Å². The van der Waals surface area contributed by atoms with Crippen LogP contribution >= 0.6 is 0 Å². The lowest BCUT2D eigenvalue weighted by Gasteiger charge is -2.38. The van der Waals surface area contributed by atoms with Gasteiger partial charge in [0.15, 0.2) is 0 Å². The third-order valence-corrected chi connectivity index (χ3v) is 6.11. The summed E-state index contributed by atoms with van der Waals surface area (Å²) < 4.78 is 17.3. The monoisotopic (exact) mass is 457 g/mol. The summed E-state index contributed by atoms with van der Waals surface area (Å²) in [6, 6.07) is 18.2. The third-order valence-electron chi connectivity index (χ3n) is 6.11. The summed E-state index contributed by atoms with van der Waals surface area (Å²) in [6.45, 7) is 9.65. The number of ether oxygens (including phenoxy) is 3. The van der Waals surface area contributed by atoms with Crippen LogP contribution in [0.15, 0.2) is 76.9 Å². The van der Waals surface area contributed by atoms with Crippen LogP contribution in [0.5, 0.6) is 11.5 Å². The Morgan fingerprint density at radius 3 is 2.18 bits per heavy atom. The fourth-order valence-corrected chi connectivity index (χ4v) is 4.50. The Morgan fingerprint density at radius 2 is 1.62 bits per heavy atom. The SMILES string of the molecule is CCOc1ccc(C=C2CN(CC)CC3=C2OC(N)=C(C#N)C3c2ccc(OCC)cc2)cc1. The molecule has 4 rings (SSSR count). The predicted octanol–water partition coefficient (Wildman–Crippen LogP) is 4.96. The highest BCUT2D eigenvalue weighted by atomic mass is 16.5. The fourth-order valence-electron chi connectivity index (χ4n) is 4.50. The average Bonchev–Trinajstić information content (AvgIpc) is 2.85. The molecule has 0 spiro atoms. The van der Waals surface area contributed by atoms with Gasteiger partial charge in [-0.1, -0.05) is 31.2 Å². The maximum absolute atomic E-state index is 9.96. The highest BCUT2D eigenvalue weighted by molar-refractivity contribution is 5.63. The van der Waals surface area contributed by atoms with Crippen LogP contribution in [0.3, 0.4) is 0 Å². The Bertz CT molecular complexity index is 1150. The minimum absolute atomic E-state index is 0.169. The van der Waals surface area contributed by atoms with Gasteiger partial charge in [0.2, 0.25) is 5.88 Å². The molecule has 2 aliphatic heterocycles. The molecule has 2 heterocycles. The summed E-state index contributed by atoms with van der Waals surface area (Å²) >= 11 is 0.